The van der Waals surface area contributed by atoms with Crippen LogP contribution in [0.1, 0.15) is 27.1 Å². The Labute approximate surface area is 142 Å². The first-order valence-corrected chi connectivity index (χ1v) is 7.95. The van der Waals surface area contributed by atoms with Gasteiger partial charge < -0.3 is 15.5 Å². The summed E-state index contributed by atoms with van der Waals surface area (Å²) in [5.74, 6) is -0.330. The van der Waals surface area contributed by atoms with Gasteiger partial charge in [-0.1, -0.05) is 24.3 Å². The molecule has 0 aliphatic carbocycles. The summed E-state index contributed by atoms with van der Waals surface area (Å²) in [5.41, 5.74) is 1.71. The van der Waals surface area contributed by atoms with Gasteiger partial charge >= 0.3 is 0 Å². The fourth-order valence-electron chi connectivity index (χ4n) is 2.23. The lowest BCUT2D eigenvalue weighted by molar-refractivity contribution is 0.0951. The summed E-state index contributed by atoms with van der Waals surface area (Å²) in [5, 5.41) is 5.70. The van der Waals surface area contributed by atoms with Crippen LogP contribution in [-0.4, -0.2) is 43.9 Å². The lowest BCUT2D eigenvalue weighted by atomic mass is 10.1. The summed E-state index contributed by atoms with van der Waals surface area (Å²) in [7, 11) is 4.00. The maximum atomic E-state index is 12.2. The van der Waals surface area contributed by atoms with Crippen LogP contribution in [0.25, 0.3) is 0 Å². The number of nitrogens with zero attached hydrogens (tertiary/aromatic N) is 1. The molecule has 2 aromatic carbocycles. The maximum Gasteiger partial charge on any atom is 0.255 e. The molecule has 2 amide bonds. The maximum absolute atomic E-state index is 12.2. The average Bonchev–Trinajstić information content (AvgIpc) is 2.59. The van der Waals surface area contributed by atoms with Crippen molar-refractivity contribution in [3.05, 3.63) is 65.7 Å². The molecule has 2 N–H and O–H groups in total. The molecule has 5 heteroatoms. The van der Waals surface area contributed by atoms with E-state index in [2.05, 4.69) is 15.5 Å². The van der Waals surface area contributed by atoms with Crippen molar-refractivity contribution in [2.24, 2.45) is 0 Å². The topological polar surface area (TPSA) is 61.4 Å². The number of nitrogens with one attached hydrogen (secondary N) is 2. The third kappa shape index (κ3) is 5.52. The van der Waals surface area contributed by atoms with Crippen LogP contribution in [-0.2, 0) is 0 Å². The van der Waals surface area contributed by atoms with Crippen molar-refractivity contribution in [1.82, 2.24) is 10.2 Å². The molecule has 0 fully saturated rings. The van der Waals surface area contributed by atoms with Gasteiger partial charge in [-0.3, -0.25) is 9.59 Å². The van der Waals surface area contributed by atoms with Crippen molar-refractivity contribution in [2.75, 3.05) is 32.5 Å². The Morgan fingerprint density at radius 3 is 2.33 bits per heavy atom. The Kier molecular flexibility index (Phi) is 6.51. The lowest BCUT2D eigenvalue weighted by Crippen LogP contribution is -2.27. The van der Waals surface area contributed by atoms with Gasteiger partial charge in [0.25, 0.3) is 11.8 Å². The van der Waals surface area contributed by atoms with Crippen molar-refractivity contribution in [1.29, 1.82) is 0 Å². The molecule has 0 unspecified atom stereocenters. The number of hydrogen-bond acceptors (Lipinski definition) is 3. The number of amides is 2. The van der Waals surface area contributed by atoms with Crippen LogP contribution < -0.4 is 10.6 Å². The molecule has 0 aliphatic heterocycles. The zero-order valence-corrected chi connectivity index (χ0v) is 14.1. The normalized spacial score (nSPS) is 10.5. The van der Waals surface area contributed by atoms with E-state index in [1.807, 2.05) is 32.3 Å². The van der Waals surface area contributed by atoms with Gasteiger partial charge in [-0.25, -0.2) is 0 Å². The van der Waals surface area contributed by atoms with Gasteiger partial charge in [0.15, 0.2) is 0 Å². The Balaban J connectivity index is 1.93. The SMILES string of the molecule is CN(C)CCCNC(=O)c1cccc(NC(=O)c2ccccc2)c1. The van der Waals surface area contributed by atoms with E-state index in [9.17, 15) is 9.59 Å². The molecular formula is C19H23N3O2. The first kappa shape index (κ1) is 17.7. The van der Waals surface area contributed by atoms with Crippen molar-refractivity contribution in [3.63, 3.8) is 0 Å². The van der Waals surface area contributed by atoms with Crippen LogP contribution in [0.3, 0.4) is 0 Å². The first-order valence-electron chi connectivity index (χ1n) is 7.95. The smallest absolute Gasteiger partial charge is 0.255 e. The summed E-state index contributed by atoms with van der Waals surface area (Å²) in [4.78, 5) is 26.4. The molecule has 0 bridgehead atoms. The van der Waals surface area contributed by atoms with Crippen LogP contribution in [0.5, 0.6) is 0 Å². The molecule has 126 valence electrons. The number of anilines is 1. The van der Waals surface area contributed by atoms with E-state index in [1.54, 1.807) is 36.4 Å². The summed E-state index contributed by atoms with van der Waals surface area (Å²) in [6.07, 6.45) is 0.892. The third-order valence-corrected chi connectivity index (χ3v) is 3.49. The average molecular weight is 325 g/mol. The standard InChI is InChI=1S/C19H23N3O2/c1-22(2)13-7-12-20-18(23)16-10-6-11-17(14-16)21-19(24)15-8-4-3-5-9-15/h3-6,8-11,14H,7,12-13H2,1-2H3,(H,20,23)(H,21,24). The van der Waals surface area contributed by atoms with Crippen LogP contribution in [0.4, 0.5) is 5.69 Å². The second-order valence-corrected chi connectivity index (χ2v) is 5.81. The highest BCUT2D eigenvalue weighted by Crippen LogP contribution is 2.12. The Hall–Kier alpha value is -2.66. The second-order valence-electron chi connectivity index (χ2n) is 5.81. The number of carbonyl (C=O) groups excluding carboxylic acids is 2. The molecule has 0 aromatic heterocycles. The minimum Gasteiger partial charge on any atom is -0.352 e. The Morgan fingerprint density at radius 2 is 1.62 bits per heavy atom. The highest BCUT2D eigenvalue weighted by atomic mass is 16.2. The quantitative estimate of drug-likeness (QED) is 0.769. The molecule has 2 aromatic rings. The fourth-order valence-corrected chi connectivity index (χ4v) is 2.23. The zero-order chi connectivity index (χ0) is 17.4. The van der Waals surface area contributed by atoms with Crippen molar-refractivity contribution in [3.8, 4) is 0 Å². The Bertz CT molecular complexity index is 684. The largest absolute Gasteiger partial charge is 0.352 e. The minimum atomic E-state index is -0.195. The molecule has 0 heterocycles. The van der Waals surface area contributed by atoms with E-state index in [0.29, 0.717) is 23.4 Å². The van der Waals surface area contributed by atoms with E-state index in [0.717, 1.165) is 13.0 Å². The molecule has 0 saturated carbocycles. The molecule has 0 atom stereocenters. The van der Waals surface area contributed by atoms with Gasteiger partial charge in [0.1, 0.15) is 0 Å². The lowest BCUT2D eigenvalue weighted by Gasteiger charge is -2.10. The predicted molar refractivity (Wildman–Crippen MR) is 96.3 cm³/mol. The third-order valence-electron chi connectivity index (χ3n) is 3.49. The molecule has 5 nitrogen and oxygen atoms in total. The minimum absolute atomic E-state index is 0.135. The highest BCUT2D eigenvalue weighted by molar-refractivity contribution is 6.05. The summed E-state index contributed by atoms with van der Waals surface area (Å²) in [6, 6.07) is 15.9. The van der Waals surface area contributed by atoms with Crippen LogP contribution >= 0.6 is 0 Å². The number of carbonyl (C=O) groups is 2. The van der Waals surface area contributed by atoms with Gasteiger partial charge in [-0.15, -0.1) is 0 Å². The Morgan fingerprint density at radius 1 is 0.917 bits per heavy atom. The summed E-state index contributed by atoms with van der Waals surface area (Å²) >= 11 is 0. The van der Waals surface area contributed by atoms with Gasteiger partial charge in [-0.2, -0.15) is 0 Å². The van der Waals surface area contributed by atoms with Gasteiger partial charge in [-0.05, 0) is 57.4 Å². The van der Waals surface area contributed by atoms with E-state index in [4.69, 9.17) is 0 Å². The highest BCUT2D eigenvalue weighted by Gasteiger charge is 2.08. The van der Waals surface area contributed by atoms with Gasteiger partial charge in [0, 0.05) is 23.4 Å². The molecular weight excluding hydrogens is 302 g/mol. The number of rotatable bonds is 7. The van der Waals surface area contributed by atoms with Gasteiger partial charge in [0.2, 0.25) is 0 Å². The van der Waals surface area contributed by atoms with Crippen LogP contribution in [0.15, 0.2) is 54.6 Å². The van der Waals surface area contributed by atoms with Crippen LogP contribution in [0.2, 0.25) is 0 Å². The first-order chi connectivity index (χ1) is 11.6. The molecule has 0 radical (unpaired) electrons. The summed E-state index contributed by atoms with van der Waals surface area (Å²) in [6.45, 7) is 1.55. The van der Waals surface area contributed by atoms with Crippen LogP contribution in [0, 0.1) is 0 Å². The van der Waals surface area contributed by atoms with Crippen molar-refractivity contribution in [2.45, 2.75) is 6.42 Å². The fraction of sp³-hybridized carbons (Fsp3) is 0.263. The summed E-state index contributed by atoms with van der Waals surface area (Å²) < 4.78 is 0. The van der Waals surface area contributed by atoms with E-state index in [1.165, 1.54) is 0 Å². The van der Waals surface area contributed by atoms with E-state index in [-0.39, 0.29) is 11.8 Å². The molecule has 24 heavy (non-hydrogen) atoms. The molecule has 2 rings (SSSR count). The van der Waals surface area contributed by atoms with Crippen molar-refractivity contribution < 1.29 is 9.59 Å². The zero-order valence-electron chi connectivity index (χ0n) is 14.1. The van der Waals surface area contributed by atoms with E-state index >= 15 is 0 Å². The predicted octanol–water partition coefficient (Wildman–Crippen LogP) is 2.62. The molecule has 0 spiro atoms. The van der Waals surface area contributed by atoms with E-state index < -0.39 is 0 Å². The van der Waals surface area contributed by atoms with Gasteiger partial charge in [0.05, 0.1) is 0 Å². The monoisotopic (exact) mass is 325 g/mol. The molecule has 0 saturated heterocycles. The second kappa shape index (κ2) is 8.84. The number of benzene rings is 2. The number of hydrogen-bond donors (Lipinski definition) is 2. The molecule has 0 aliphatic rings. The van der Waals surface area contributed by atoms with Crippen molar-refractivity contribution >= 4 is 17.5 Å².